The summed E-state index contributed by atoms with van der Waals surface area (Å²) in [6.45, 7) is 3.16. The summed E-state index contributed by atoms with van der Waals surface area (Å²) in [4.78, 5) is 25.8. The molecule has 2 unspecified atom stereocenters. The van der Waals surface area contributed by atoms with Crippen molar-refractivity contribution in [2.45, 2.75) is 50.0 Å². The number of likely N-dealkylation sites (tertiary alicyclic amines) is 1. The van der Waals surface area contributed by atoms with E-state index >= 15 is 0 Å². The van der Waals surface area contributed by atoms with Gasteiger partial charge in [-0.05, 0) is 56.9 Å². The lowest BCUT2D eigenvalue weighted by Gasteiger charge is -2.36. The van der Waals surface area contributed by atoms with Gasteiger partial charge >= 0.3 is 5.97 Å². The second-order valence-corrected chi connectivity index (χ2v) is 9.35. The first-order valence-electron chi connectivity index (χ1n) is 9.44. The van der Waals surface area contributed by atoms with E-state index in [1.165, 1.54) is 28.6 Å². The third-order valence-electron chi connectivity index (χ3n) is 5.55. The minimum absolute atomic E-state index is 0.0372. The Hall–Kier alpha value is -1.93. The van der Waals surface area contributed by atoms with Gasteiger partial charge in [-0.25, -0.2) is 8.42 Å². The molecule has 0 aromatic heterocycles. The number of piperidine rings is 2. The van der Waals surface area contributed by atoms with Crippen LogP contribution in [0, 0.1) is 5.92 Å². The van der Waals surface area contributed by atoms with Gasteiger partial charge in [0, 0.05) is 31.2 Å². The van der Waals surface area contributed by atoms with E-state index < -0.39 is 21.9 Å². The summed E-state index contributed by atoms with van der Waals surface area (Å²) < 4.78 is 26.9. The Morgan fingerprint density at radius 3 is 2.26 bits per heavy atom. The molecule has 1 aromatic rings. The third kappa shape index (κ3) is 4.16. The molecule has 2 aliphatic rings. The van der Waals surface area contributed by atoms with E-state index in [0.717, 1.165) is 19.3 Å². The SMILES string of the molecule is CC1CCC(C(=O)O)CN1C(=O)c1ccc(S(=O)(=O)N2CCCCC2)cc1. The van der Waals surface area contributed by atoms with Gasteiger partial charge in [0.1, 0.15) is 0 Å². The van der Waals surface area contributed by atoms with Crippen LogP contribution in [0.2, 0.25) is 0 Å². The Balaban J connectivity index is 1.76. The zero-order chi connectivity index (χ0) is 19.6. The van der Waals surface area contributed by atoms with Gasteiger partial charge < -0.3 is 10.0 Å². The Bertz CT molecular complexity index is 800. The zero-order valence-corrected chi connectivity index (χ0v) is 16.3. The quantitative estimate of drug-likeness (QED) is 0.845. The fraction of sp³-hybridized carbons (Fsp3) is 0.579. The van der Waals surface area contributed by atoms with E-state index in [2.05, 4.69) is 0 Å². The normalized spacial score (nSPS) is 24.6. The molecule has 2 atom stereocenters. The number of amides is 1. The number of carboxylic acid groups (broad SMARTS) is 1. The average molecular weight is 394 g/mol. The van der Waals surface area contributed by atoms with Crippen molar-refractivity contribution in [3.05, 3.63) is 29.8 Å². The Morgan fingerprint density at radius 2 is 1.67 bits per heavy atom. The monoisotopic (exact) mass is 394 g/mol. The molecule has 8 heteroatoms. The Kier molecular flexibility index (Phi) is 5.86. The minimum Gasteiger partial charge on any atom is -0.481 e. The second kappa shape index (κ2) is 7.98. The molecule has 148 valence electrons. The highest BCUT2D eigenvalue weighted by atomic mass is 32.2. The topological polar surface area (TPSA) is 95.0 Å². The van der Waals surface area contributed by atoms with E-state index in [1.807, 2.05) is 6.92 Å². The lowest BCUT2D eigenvalue weighted by atomic mass is 9.93. The molecule has 0 bridgehead atoms. The van der Waals surface area contributed by atoms with Crippen molar-refractivity contribution in [2.75, 3.05) is 19.6 Å². The number of carbonyl (C=O) groups excluding carboxylic acids is 1. The minimum atomic E-state index is -3.53. The van der Waals surface area contributed by atoms with Crippen molar-refractivity contribution < 1.29 is 23.1 Å². The molecule has 0 spiro atoms. The molecule has 27 heavy (non-hydrogen) atoms. The van der Waals surface area contributed by atoms with E-state index in [1.54, 1.807) is 4.90 Å². The standard InChI is InChI=1S/C19H26N2O5S/c1-14-5-6-16(19(23)24)13-21(14)18(22)15-7-9-17(10-8-15)27(25,26)20-11-3-2-4-12-20/h7-10,14,16H,2-6,11-13H2,1H3,(H,23,24). The Morgan fingerprint density at radius 1 is 1.04 bits per heavy atom. The third-order valence-corrected chi connectivity index (χ3v) is 7.46. The first kappa shape index (κ1) is 19.8. The number of hydrogen-bond donors (Lipinski definition) is 1. The van der Waals surface area contributed by atoms with Gasteiger partial charge in [0.15, 0.2) is 0 Å². The summed E-state index contributed by atoms with van der Waals surface area (Å²) in [7, 11) is -3.53. The fourth-order valence-electron chi connectivity index (χ4n) is 3.78. The summed E-state index contributed by atoms with van der Waals surface area (Å²) in [5, 5.41) is 9.24. The van der Waals surface area contributed by atoms with Gasteiger partial charge in [0.2, 0.25) is 10.0 Å². The molecular formula is C19H26N2O5S. The van der Waals surface area contributed by atoms with E-state index in [4.69, 9.17) is 0 Å². The number of sulfonamides is 1. The lowest BCUT2D eigenvalue weighted by Crippen LogP contribution is -2.47. The number of hydrogen-bond acceptors (Lipinski definition) is 4. The van der Waals surface area contributed by atoms with Gasteiger partial charge in [-0.1, -0.05) is 6.42 Å². The maximum Gasteiger partial charge on any atom is 0.308 e. The molecule has 2 saturated heterocycles. The van der Waals surface area contributed by atoms with Crippen LogP contribution in [0.25, 0.3) is 0 Å². The number of carbonyl (C=O) groups is 2. The highest BCUT2D eigenvalue weighted by Crippen LogP contribution is 2.25. The van der Waals surface area contributed by atoms with Gasteiger partial charge in [-0.3, -0.25) is 9.59 Å². The maximum atomic E-state index is 12.8. The smallest absolute Gasteiger partial charge is 0.308 e. The zero-order valence-electron chi connectivity index (χ0n) is 15.5. The van der Waals surface area contributed by atoms with Crippen LogP contribution in [-0.4, -0.2) is 60.3 Å². The van der Waals surface area contributed by atoms with Crippen LogP contribution in [0.4, 0.5) is 0 Å². The molecule has 2 fully saturated rings. The predicted molar refractivity (Wildman–Crippen MR) is 99.9 cm³/mol. The highest BCUT2D eigenvalue weighted by molar-refractivity contribution is 7.89. The van der Waals surface area contributed by atoms with Crippen molar-refractivity contribution in [3.63, 3.8) is 0 Å². The summed E-state index contributed by atoms with van der Waals surface area (Å²) in [6.07, 6.45) is 3.99. The first-order valence-corrected chi connectivity index (χ1v) is 10.9. The van der Waals surface area contributed by atoms with Crippen LogP contribution >= 0.6 is 0 Å². The van der Waals surface area contributed by atoms with Crippen LogP contribution in [-0.2, 0) is 14.8 Å². The largest absolute Gasteiger partial charge is 0.481 e. The fourth-order valence-corrected chi connectivity index (χ4v) is 5.30. The van der Waals surface area contributed by atoms with Crippen molar-refractivity contribution in [1.82, 2.24) is 9.21 Å². The molecule has 2 heterocycles. The Labute approximate surface area is 160 Å². The molecule has 1 aromatic carbocycles. The highest BCUT2D eigenvalue weighted by Gasteiger charge is 2.33. The summed E-state index contributed by atoms with van der Waals surface area (Å²) in [5.74, 6) is -1.69. The second-order valence-electron chi connectivity index (χ2n) is 7.41. The van der Waals surface area contributed by atoms with Crippen molar-refractivity contribution >= 4 is 21.9 Å². The number of nitrogens with zero attached hydrogens (tertiary/aromatic N) is 2. The van der Waals surface area contributed by atoms with Gasteiger partial charge in [-0.2, -0.15) is 4.31 Å². The van der Waals surface area contributed by atoms with E-state index in [0.29, 0.717) is 31.5 Å². The van der Waals surface area contributed by atoms with Gasteiger partial charge in [0.05, 0.1) is 10.8 Å². The molecule has 3 rings (SSSR count). The summed E-state index contributed by atoms with van der Waals surface area (Å²) in [6, 6.07) is 5.96. The number of benzene rings is 1. The molecule has 7 nitrogen and oxygen atoms in total. The predicted octanol–water partition coefficient (Wildman–Crippen LogP) is 2.19. The lowest BCUT2D eigenvalue weighted by molar-refractivity contribution is -0.143. The average Bonchev–Trinajstić information content (AvgIpc) is 2.68. The number of rotatable bonds is 4. The van der Waals surface area contributed by atoms with E-state index in [9.17, 15) is 23.1 Å². The molecule has 1 N–H and O–H groups in total. The van der Waals surface area contributed by atoms with Crippen molar-refractivity contribution in [2.24, 2.45) is 5.92 Å². The molecule has 2 aliphatic heterocycles. The molecule has 1 amide bonds. The van der Waals surface area contributed by atoms with Crippen LogP contribution in [0.3, 0.4) is 0 Å². The molecule has 0 saturated carbocycles. The number of aliphatic carboxylic acids is 1. The molecule has 0 radical (unpaired) electrons. The molecular weight excluding hydrogens is 368 g/mol. The van der Waals surface area contributed by atoms with E-state index in [-0.39, 0.29) is 23.4 Å². The van der Waals surface area contributed by atoms with Gasteiger partial charge in [0.25, 0.3) is 5.91 Å². The van der Waals surface area contributed by atoms with Crippen LogP contribution in [0.1, 0.15) is 49.4 Å². The van der Waals surface area contributed by atoms with Crippen LogP contribution in [0.5, 0.6) is 0 Å². The van der Waals surface area contributed by atoms with Crippen molar-refractivity contribution in [3.8, 4) is 0 Å². The van der Waals surface area contributed by atoms with Crippen molar-refractivity contribution in [1.29, 1.82) is 0 Å². The maximum absolute atomic E-state index is 12.8. The summed E-state index contributed by atoms with van der Waals surface area (Å²) >= 11 is 0. The molecule has 0 aliphatic carbocycles. The van der Waals surface area contributed by atoms with Crippen LogP contribution in [0.15, 0.2) is 29.2 Å². The van der Waals surface area contributed by atoms with Crippen LogP contribution < -0.4 is 0 Å². The number of carboxylic acids is 1. The summed E-state index contributed by atoms with van der Waals surface area (Å²) in [5.41, 5.74) is 0.380. The van der Waals surface area contributed by atoms with Gasteiger partial charge in [-0.15, -0.1) is 0 Å². The first-order chi connectivity index (χ1) is 12.8.